The number of rotatable bonds is 6. The predicted molar refractivity (Wildman–Crippen MR) is 104 cm³/mol. The van der Waals surface area contributed by atoms with Crippen LogP contribution in [0, 0.1) is 0 Å². The third-order valence-corrected chi connectivity index (χ3v) is 6.72. The molecule has 6 fully saturated rings. The van der Waals surface area contributed by atoms with E-state index in [0.717, 1.165) is 0 Å². The van der Waals surface area contributed by atoms with Crippen LogP contribution in [0.15, 0.2) is 0 Å². The smallest absolute Gasteiger partial charge is 0.187 e. The Morgan fingerprint density at radius 1 is 0.719 bits per heavy atom. The average Bonchev–Trinajstić information content (AvgIpc) is 3.46. The zero-order valence-electron chi connectivity index (χ0n) is 18.8. The van der Waals surface area contributed by atoms with Gasteiger partial charge >= 0.3 is 0 Å². The fourth-order valence-electron chi connectivity index (χ4n) is 5.48. The van der Waals surface area contributed by atoms with E-state index in [1.807, 2.05) is 27.7 Å². The van der Waals surface area contributed by atoms with Crippen LogP contribution in [0.4, 0.5) is 0 Å². The third kappa shape index (κ3) is 3.81. The van der Waals surface area contributed by atoms with E-state index < -0.39 is 24.2 Å². The van der Waals surface area contributed by atoms with Gasteiger partial charge in [-0.15, -0.1) is 0 Å². The zero-order chi connectivity index (χ0) is 22.3. The molecular formula is C21H33NO10. The molecule has 1 unspecified atom stereocenters. The van der Waals surface area contributed by atoms with E-state index in [2.05, 4.69) is 0 Å². The van der Waals surface area contributed by atoms with Crippen LogP contribution in [0.25, 0.3) is 0 Å². The molecule has 11 atom stereocenters. The van der Waals surface area contributed by atoms with Gasteiger partial charge < -0.3 is 53.1 Å². The molecule has 6 saturated heterocycles. The van der Waals surface area contributed by atoms with Crippen LogP contribution >= 0.6 is 0 Å². The highest BCUT2D eigenvalue weighted by Gasteiger charge is 2.60. The second-order valence-corrected chi connectivity index (χ2v) is 10.2. The Morgan fingerprint density at radius 3 is 1.56 bits per heavy atom. The van der Waals surface area contributed by atoms with Crippen molar-refractivity contribution in [3.05, 3.63) is 0 Å². The molecule has 32 heavy (non-hydrogen) atoms. The SMILES string of the molecule is CC1(C)O[C@H]2[C@H](O1)[C@@H]1OC[C@@H](O1)[C@@H]2OCC(N)CO[C@@H]1[C@@H]2OC(C)(C)O[C@H]2[C@H]2OC[C@H]1O2. The lowest BCUT2D eigenvalue weighted by atomic mass is 10.0. The number of fused-ring (bicyclic) bond motifs is 8. The first kappa shape index (κ1) is 22.1. The van der Waals surface area contributed by atoms with Crippen molar-refractivity contribution in [3.8, 4) is 0 Å². The van der Waals surface area contributed by atoms with Crippen molar-refractivity contribution < 1.29 is 47.4 Å². The van der Waals surface area contributed by atoms with Crippen LogP contribution in [-0.2, 0) is 47.4 Å². The molecule has 0 aromatic heterocycles. The largest absolute Gasteiger partial charge is 0.371 e. The van der Waals surface area contributed by atoms with Gasteiger partial charge in [0.05, 0.1) is 32.5 Å². The highest BCUT2D eigenvalue weighted by Crippen LogP contribution is 2.43. The lowest BCUT2D eigenvalue weighted by molar-refractivity contribution is -0.213. The molecule has 6 aliphatic heterocycles. The standard InChI is InChI=1S/C21H33NO10/c1-20(2)29-14-12(10-7-25-18(27-10)16(14)31-20)23-5-9(22)6-24-13-11-8-26-19(28-11)17-15(13)30-21(3,4)32-17/h9-19H,5-8,22H2,1-4H3/t9?,10-,11-,12+,13+,14-,15+,16+,17-,18-,19+/m1/s1. The van der Waals surface area contributed by atoms with Crippen LogP contribution in [0.5, 0.6) is 0 Å². The second-order valence-electron chi connectivity index (χ2n) is 10.2. The summed E-state index contributed by atoms with van der Waals surface area (Å²) in [5, 5.41) is 0. The quantitative estimate of drug-likeness (QED) is 0.561. The fourth-order valence-corrected chi connectivity index (χ4v) is 5.48. The van der Waals surface area contributed by atoms with Crippen molar-refractivity contribution in [2.75, 3.05) is 26.4 Å². The van der Waals surface area contributed by atoms with E-state index in [1.54, 1.807) is 0 Å². The number of hydrogen-bond donors (Lipinski definition) is 1. The molecule has 6 heterocycles. The minimum atomic E-state index is -0.713. The van der Waals surface area contributed by atoms with Crippen LogP contribution in [0.3, 0.4) is 0 Å². The van der Waals surface area contributed by atoms with E-state index >= 15 is 0 Å². The fraction of sp³-hybridized carbons (Fsp3) is 1.00. The average molecular weight is 459 g/mol. The molecule has 0 aliphatic carbocycles. The van der Waals surface area contributed by atoms with Crippen molar-refractivity contribution in [2.24, 2.45) is 5.73 Å². The first-order chi connectivity index (χ1) is 15.2. The van der Waals surface area contributed by atoms with Gasteiger partial charge in [0.25, 0.3) is 0 Å². The molecule has 0 saturated carbocycles. The molecule has 0 aromatic rings. The lowest BCUT2D eigenvalue weighted by Gasteiger charge is -2.36. The van der Waals surface area contributed by atoms with Crippen molar-refractivity contribution >= 4 is 0 Å². The predicted octanol–water partition coefficient (Wildman–Crippen LogP) is -0.365. The summed E-state index contributed by atoms with van der Waals surface area (Å²) < 4.78 is 59.8. The lowest BCUT2D eigenvalue weighted by Crippen LogP contribution is -2.55. The van der Waals surface area contributed by atoms with Crippen molar-refractivity contribution in [2.45, 2.75) is 107 Å². The minimum absolute atomic E-state index is 0.210. The Balaban J connectivity index is 1.05. The molecule has 4 bridgehead atoms. The second kappa shape index (κ2) is 7.79. The van der Waals surface area contributed by atoms with Crippen molar-refractivity contribution in [3.63, 3.8) is 0 Å². The number of hydrogen-bond acceptors (Lipinski definition) is 11. The summed E-state index contributed by atoms with van der Waals surface area (Å²) in [7, 11) is 0. The number of ether oxygens (including phenoxy) is 10. The van der Waals surface area contributed by atoms with Crippen LogP contribution in [0.1, 0.15) is 27.7 Å². The summed E-state index contributed by atoms with van der Waals surface area (Å²) in [5.74, 6) is -1.43. The topological polar surface area (TPSA) is 118 Å². The molecule has 182 valence electrons. The maximum Gasteiger partial charge on any atom is 0.187 e. The molecule has 0 aromatic carbocycles. The van der Waals surface area contributed by atoms with E-state index in [0.29, 0.717) is 13.2 Å². The maximum atomic E-state index is 6.35. The first-order valence-electron chi connectivity index (χ1n) is 11.4. The van der Waals surface area contributed by atoms with Gasteiger partial charge in [0.1, 0.15) is 48.8 Å². The van der Waals surface area contributed by atoms with Crippen LogP contribution in [0.2, 0.25) is 0 Å². The minimum Gasteiger partial charge on any atom is -0.371 e. The van der Waals surface area contributed by atoms with Gasteiger partial charge in [0.15, 0.2) is 24.2 Å². The van der Waals surface area contributed by atoms with E-state index in [1.165, 1.54) is 0 Å². The van der Waals surface area contributed by atoms with Gasteiger partial charge in [-0.05, 0) is 27.7 Å². The molecule has 6 rings (SSSR count). The van der Waals surface area contributed by atoms with E-state index in [4.69, 9.17) is 53.1 Å². The Morgan fingerprint density at radius 2 is 1.12 bits per heavy atom. The molecule has 0 radical (unpaired) electrons. The summed E-state index contributed by atoms with van der Waals surface area (Å²) in [4.78, 5) is 0. The molecule has 0 amide bonds. The summed E-state index contributed by atoms with van der Waals surface area (Å²) in [6.07, 6.45) is -3.10. The van der Waals surface area contributed by atoms with Gasteiger partial charge in [-0.2, -0.15) is 0 Å². The summed E-state index contributed by atoms with van der Waals surface area (Å²) in [5.41, 5.74) is 6.35. The molecule has 6 aliphatic rings. The van der Waals surface area contributed by atoms with Gasteiger partial charge in [-0.25, -0.2) is 0 Å². The van der Waals surface area contributed by atoms with Gasteiger partial charge in [-0.1, -0.05) is 0 Å². The third-order valence-electron chi connectivity index (χ3n) is 6.72. The molecule has 2 N–H and O–H groups in total. The monoisotopic (exact) mass is 459 g/mol. The van der Waals surface area contributed by atoms with Crippen LogP contribution < -0.4 is 5.73 Å². The highest BCUT2D eigenvalue weighted by molar-refractivity contribution is 5.01. The van der Waals surface area contributed by atoms with E-state index in [-0.39, 0.29) is 68.1 Å². The Bertz CT molecular complexity index is 663. The normalized spacial score (nSPS) is 50.9. The Labute approximate surface area is 186 Å². The summed E-state index contributed by atoms with van der Waals surface area (Å²) in [6.45, 7) is 8.95. The van der Waals surface area contributed by atoms with Gasteiger partial charge in [0, 0.05) is 0 Å². The van der Waals surface area contributed by atoms with Gasteiger partial charge in [-0.3, -0.25) is 0 Å². The van der Waals surface area contributed by atoms with Crippen LogP contribution in [-0.4, -0.2) is 105 Å². The number of nitrogens with two attached hydrogens (primary N) is 1. The van der Waals surface area contributed by atoms with Crippen molar-refractivity contribution in [1.82, 2.24) is 0 Å². The van der Waals surface area contributed by atoms with Gasteiger partial charge in [0.2, 0.25) is 0 Å². The Kier molecular flexibility index (Phi) is 5.37. The Hall–Kier alpha value is -0.440. The maximum absolute atomic E-state index is 6.35. The molecular weight excluding hydrogens is 426 g/mol. The zero-order valence-corrected chi connectivity index (χ0v) is 18.8. The molecule has 0 spiro atoms. The molecule has 11 heteroatoms. The van der Waals surface area contributed by atoms with E-state index in [9.17, 15) is 0 Å². The summed E-state index contributed by atoms with van der Waals surface area (Å²) in [6, 6.07) is -0.363. The highest BCUT2D eigenvalue weighted by atomic mass is 16.8. The van der Waals surface area contributed by atoms with Crippen molar-refractivity contribution in [1.29, 1.82) is 0 Å². The summed E-state index contributed by atoms with van der Waals surface area (Å²) >= 11 is 0. The first-order valence-corrected chi connectivity index (χ1v) is 11.4. The molecule has 11 nitrogen and oxygen atoms in total.